The smallest absolute Gasteiger partial charge is 0.282 e. The van der Waals surface area contributed by atoms with Crippen LogP contribution in [0.15, 0.2) is 18.2 Å². The molecule has 1 aliphatic heterocycles. The first-order chi connectivity index (χ1) is 9.40. The number of halogens is 2. The van der Waals surface area contributed by atoms with Gasteiger partial charge in [0, 0.05) is 19.2 Å². The highest BCUT2D eigenvalue weighted by atomic mass is 35.5. The normalized spacial score (nSPS) is 22.6. The van der Waals surface area contributed by atoms with Gasteiger partial charge >= 0.3 is 0 Å². The molecule has 0 radical (unpaired) electrons. The van der Waals surface area contributed by atoms with Crippen LogP contribution < -0.4 is 0 Å². The van der Waals surface area contributed by atoms with Crippen LogP contribution in [0, 0.1) is 21.8 Å². The molecule has 1 aliphatic rings. The fourth-order valence-corrected chi connectivity index (χ4v) is 2.51. The summed E-state index contributed by atoms with van der Waals surface area (Å²) in [6.45, 7) is 2.77. The number of nitrogens with zero attached hydrogens (tertiary/aromatic N) is 2. The Labute approximate surface area is 120 Å². The summed E-state index contributed by atoms with van der Waals surface area (Å²) in [4.78, 5) is 24.0. The van der Waals surface area contributed by atoms with E-state index in [9.17, 15) is 19.3 Å². The highest BCUT2D eigenvalue weighted by Crippen LogP contribution is 2.26. The lowest BCUT2D eigenvalue weighted by Crippen LogP contribution is -2.44. The van der Waals surface area contributed by atoms with Crippen molar-refractivity contribution in [2.24, 2.45) is 5.92 Å². The van der Waals surface area contributed by atoms with Crippen molar-refractivity contribution in [3.05, 3.63) is 39.7 Å². The third-order valence-electron chi connectivity index (χ3n) is 3.54. The lowest BCUT2D eigenvalue weighted by Gasteiger charge is -2.33. The molecule has 1 aromatic rings. The van der Waals surface area contributed by atoms with Gasteiger partial charge in [0.05, 0.1) is 10.3 Å². The van der Waals surface area contributed by atoms with Gasteiger partial charge < -0.3 is 4.90 Å². The Kier molecular flexibility index (Phi) is 4.23. The van der Waals surface area contributed by atoms with E-state index in [4.69, 9.17) is 11.6 Å². The number of hydrogen-bond acceptors (Lipinski definition) is 3. The van der Waals surface area contributed by atoms with Crippen molar-refractivity contribution in [1.82, 2.24) is 4.90 Å². The highest BCUT2D eigenvalue weighted by Gasteiger charge is 2.31. The summed E-state index contributed by atoms with van der Waals surface area (Å²) in [5.41, 5.74) is -0.616. The van der Waals surface area contributed by atoms with Crippen LogP contribution >= 0.6 is 11.6 Å². The first-order valence-electron chi connectivity index (χ1n) is 6.27. The van der Waals surface area contributed by atoms with E-state index in [0.29, 0.717) is 13.1 Å². The van der Waals surface area contributed by atoms with Crippen molar-refractivity contribution in [2.45, 2.75) is 18.7 Å². The molecule has 0 saturated carbocycles. The van der Waals surface area contributed by atoms with Crippen LogP contribution in [0.4, 0.5) is 10.1 Å². The standard InChI is InChI=1S/C13H14ClFN2O3/c1-8-4-5-16(7-11(8)14)13(18)10-6-9(15)2-3-12(10)17(19)20/h2-3,6,8,11H,4-5,7H2,1H3. The van der Waals surface area contributed by atoms with E-state index in [1.54, 1.807) is 0 Å². The highest BCUT2D eigenvalue weighted by molar-refractivity contribution is 6.21. The number of hydrogen-bond donors (Lipinski definition) is 0. The summed E-state index contributed by atoms with van der Waals surface area (Å²) in [5, 5.41) is 10.7. The number of nitro groups is 1. The molecule has 0 aromatic heterocycles. The Morgan fingerprint density at radius 2 is 2.25 bits per heavy atom. The number of carbonyl (C=O) groups is 1. The number of carbonyl (C=O) groups excluding carboxylic acids is 1. The monoisotopic (exact) mass is 300 g/mol. The first-order valence-corrected chi connectivity index (χ1v) is 6.71. The maximum Gasteiger partial charge on any atom is 0.282 e. The lowest BCUT2D eigenvalue weighted by molar-refractivity contribution is -0.385. The van der Waals surface area contributed by atoms with Crippen LogP contribution in [-0.2, 0) is 0 Å². The van der Waals surface area contributed by atoms with Crippen molar-refractivity contribution >= 4 is 23.2 Å². The van der Waals surface area contributed by atoms with Crippen molar-refractivity contribution < 1.29 is 14.1 Å². The number of rotatable bonds is 2. The molecule has 2 atom stereocenters. The fourth-order valence-electron chi connectivity index (χ4n) is 2.22. The molecule has 7 heteroatoms. The van der Waals surface area contributed by atoms with Crippen LogP contribution in [0.25, 0.3) is 0 Å². The van der Waals surface area contributed by atoms with Gasteiger partial charge in [0.15, 0.2) is 0 Å². The number of alkyl halides is 1. The third kappa shape index (κ3) is 2.90. The Morgan fingerprint density at radius 1 is 1.55 bits per heavy atom. The van der Waals surface area contributed by atoms with Crippen molar-refractivity contribution in [3.8, 4) is 0 Å². The first kappa shape index (κ1) is 14.7. The Hall–Kier alpha value is -1.69. The van der Waals surface area contributed by atoms with Gasteiger partial charge in [0.1, 0.15) is 11.4 Å². The fraction of sp³-hybridized carbons (Fsp3) is 0.462. The number of amides is 1. The molecule has 5 nitrogen and oxygen atoms in total. The lowest BCUT2D eigenvalue weighted by atomic mass is 9.98. The summed E-state index contributed by atoms with van der Waals surface area (Å²) >= 11 is 6.13. The van der Waals surface area contributed by atoms with E-state index >= 15 is 0 Å². The zero-order valence-electron chi connectivity index (χ0n) is 10.9. The second-order valence-corrected chi connectivity index (χ2v) is 5.51. The Bertz CT molecular complexity index is 552. The van der Waals surface area contributed by atoms with E-state index in [1.165, 1.54) is 4.90 Å². The number of nitro benzene ring substituents is 1. The van der Waals surface area contributed by atoms with E-state index < -0.39 is 16.6 Å². The van der Waals surface area contributed by atoms with E-state index in [-0.39, 0.29) is 22.5 Å². The minimum atomic E-state index is -0.683. The van der Waals surface area contributed by atoms with Crippen LogP contribution in [0.3, 0.4) is 0 Å². The predicted octanol–water partition coefficient (Wildman–Crippen LogP) is 2.82. The van der Waals surface area contributed by atoms with Gasteiger partial charge in [-0.25, -0.2) is 4.39 Å². The van der Waals surface area contributed by atoms with Crippen LogP contribution in [0.5, 0.6) is 0 Å². The number of piperidine rings is 1. The minimum absolute atomic E-state index is 0.194. The van der Waals surface area contributed by atoms with E-state index in [0.717, 1.165) is 24.6 Å². The molecular weight excluding hydrogens is 287 g/mol. The molecule has 1 heterocycles. The minimum Gasteiger partial charge on any atom is -0.337 e. The van der Waals surface area contributed by atoms with Crippen LogP contribution in [0.2, 0.25) is 0 Å². The number of likely N-dealkylation sites (tertiary alicyclic amines) is 1. The summed E-state index contributed by atoms with van der Waals surface area (Å²) < 4.78 is 13.3. The second-order valence-electron chi connectivity index (χ2n) is 4.95. The summed E-state index contributed by atoms with van der Waals surface area (Å²) in [5.74, 6) is -0.941. The molecule has 1 amide bonds. The predicted molar refractivity (Wildman–Crippen MR) is 72.4 cm³/mol. The SMILES string of the molecule is CC1CCN(C(=O)c2cc(F)ccc2[N+](=O)[O-])CC1Cl. The van der Waals surface area contributed by atoms with Gasteiger partial charge in [-0.2, -0.15) is 0 Å². The molecular formula is C13H14ClFN2O3. The summed E-state index contributed by atoms with van der Waals surface area (Å²) in [6, 6.07) is 2.88. The van der Waals surface area contributed by atoms with Crippen LogP contribution in [0.1, 0.15) is 23.7 Å². The van der Waals surface area contributed by atoms with Gasteiger partial charge in [-0.15, -0.1) is 11.6 Å². The van der Waals surface area contributed by atoms with Gasteiger partial charge in [0.25, 0.3) is 11.6 Å². The third-order valence-corrected chi connectivity index (χ3v) is 4.11. The number of benzene rings is 1. The zero-order valence-corrected chi connectivity index (χ0v) is 11.6. The van der Waals surface area contributed by atoms with Gasteiger partial charge in [0.2, 0.25) is 0 Å². The average Bonchev–Trinajstić information content (AvgIpc) is 2.40. The molecule has 0 N–H and O–H groups in total. The Morgan fingerprint density at radius 3 is 2.85 bits per heavy atom. The molecule has 1 fully saturated rings. The molecule has 108 valence electrons. The summed E-state index contributed by atoms with van der Waals surface area (Å²) in [6.07, 6.45) is 0.725. The van der Waals surface area contributed by atoms with E-state index in [2.05, 4.69) is 0 Å². The van der Waals surface area contributed by atoms with Crippen LogP contribution in [-0.4, -0.2) is 34.2 Å². The maximum absolute atomic E-state index is 13.3. The molecule has 1 saturated heterocycles. The van der Waals surface area contributed by atoms with Crippen molar-refractivity contribution in [2.75, 3.05) is 13.1 Å². The summed E-state index contributed by atoms with van der Waals surface area (Å²) in [7, 11) is 0. The Balaban J connectivity index is 2.29. The van der Waals surface area contributed by atoms with Crippen molar-refractivity contribution in [3.63, 3.8) is 0 Å². The van der Waals surface area contributed by atoms with E-state index in [1.807, 2.05) is 6.92 Å². The molecule has 0 bridgehead atoms. The zero-order chi connectivity index (χ0) is 14.9. The molecule has 20 heavy (non-hydrogen) atoms. The molecule has 0 spiro atoms. The average molecular weight is 301 g/mol. The topological polar surface area (TPSA) is 63.5 Å². The molecule has 2 unspecified atom stereocenters. The molecule has 0 aliphatic carbocycles. The molecule has 1 aromatic carbocycles. The quantitative estimate of drug-likeness (QED) is 0.479. The van der Waals surface area contributed by atoms with Crippen molar-refractivity contribution in [1.29, 1.82) is 0 Å². The van der Waals surface area contributed by atoms with Gasteiger partial charge in [-0.1, -0.05) is 6.92 Å². The van der Waals surface area contributed by atoms with Gasteiger partial charge in [-0.05, 0) is 24.5 Å². The molecule has 2 rings (SSSR count). The van der Waals surface area contributed by atoms with Gasteiger partial charge in [-0.3, -0.25) is 14.9 Å². The largest absolute Gasteiger partial charge is 0.337 e. The second kappa shape index (κ2) is 5.75. The maximum atomic E-state index is 13.3.